The highest BCUT2D eigenvalue weighted by Crippen LogP contribution is 2.71. The summed E-state index contributed by atoms with van der Waals surface area (Å²) in [6, 6.07) is 0. The van der Waals surface area contributed by atoms with Crippen LogP contribution < -0.4 is 0 Å². The molecule has 1 spiro atoms. The summed E-state index contributed by atoms with van der Waals surface area (Å²) in [6.07, 6.45) is 2.04. The van der Waals surface area contributed by atoms with Crippen molar-refractivity contribution in [3.8, 4) is 0 Å². The number of aliphatic carboxylic acids is 1. The van der Waals surface area contributed by atoms with Gasteiger partial charge in [-0.1, -0.05) is 0 Å². The number of alkyl halides is 4. The quantitative estimate of drug-likeness (QED) is 0.704. The predicted molar refractivity (Wildman–Crippen MR) is 74.4 cm³/mol. The summed E-state index contributed by atoms with van der Waals surface area (Å²) in [5, 5.41) is 9.65. The Kier molecular flexibility index (Phi) is 3.02. The highest BCUT2D eigenvalue weighted by atomic mass is 19.3. The number of carboxylic acid groups (broad SMARTS) is 1. The van der Waals surface area contributed by atoms with E-state index in [2.05, 4.69) is 0 Å². The Balaban J connectivity index is 1.67. The molecule has 0 radical (unpaired) electrons. The second kappa shape index (κ2) is 4.42. The summed E-state index contributed by atoms with van der Waals surface area (Å²) in [5.41, 5.74) is -1.21. The smallest absolute Gasteiger partial charge is 0.310 e. The van der Waals surface area contributed by atoms with Gasteiger partial charge in [0.15, 0.2) is 0 Å². The molecule has 2 nitrogen and oxygen atoms in total. The minimum Gasteiger partial charge on any atom is -0.481 e. The zero-order chi connectivity index (χ0) is 16.7. The molecule has 0 heterocycles. The van der Waals surface area contributed by atoms with Gasteiger partial charge in [-0.05, 0) is 68.1 Å². The van der Waals surface area contributed by atoms with Gasteiger partial charge in [-0.2, -0.15) is 17.6 Å². The molecular weight excluding hydrogens is 312 g/mol. The third-order valence-corrected chi connectivity index (χ3v) is 7.61. The van der Waals surface area contributed by atoms with Crippen molar-refractivity contribution in [3.05, 3.63) is 0 Å². The van der Waals surface area contributed by atoms with Crippen LogP contribution >= 0.6 is 0 Å². The molecule has 2 atom stereocenters. The van der Waals surface area contributed by atoms with Crippen LogP contribution in [0.4, 0.5) is 17.6 Å². The number of halogens is 4. The van der Waals surface area contributed by atoms with Gasteiger partial charge in [0.1, 0.15) is 0 Å². The second-order valence-electron chi connectivity index (χ2n) is 8.57. The first kappa shape index (κ1) is 15.7. The number of carbonyl (C=O) groups is 1. The molecule has 5 rings (SSSR count). The molecule has 0 saturated heterocycles. The maximum absolute atomic E-state index is 13.8. The van der Waals surface area contributed by atoms with Crippen LogP contribution in [0.15, 0.2) is 0 Å². The molecule has 5 saturated carbocycles. The molecule has 0 aromatic carbocycles. The largest absolute Gasteiger partial charge is 0.481 e. The maximum atomic E-state index is 13.8. The van der Waals surface area contributed by atoms with E-state index >= 15 is 0 Å². The van der Waals surface area contributed by atoms with E-state index in [1.165, 1.54) is 0 Å². The van der Waals surface area contributed by atoms with Gasteiger partial charge in [0.25, 0.3) is 0 Å². The van der Waals surface area contributed by atoms with Gasteiger partial charge in [-0.15, -0.1) is 0 Å². The number of rotatable bonds is 1. The minimum absolute atomic E-state index is 0.0227. The van der Waals surface area contributed by atoms with Crippen molar-refractivity contribution in [2.75, 3.05) is 0 Å². The van der Waals surface area contributed by atoms with Crippen molar-refractivity contribution in [2.24, 2.45) is 28.6 Å². The van der Waals surface area contributed by atoms with Gasteiger partial charge in [-0.25, -0.2) is 0 Å². The summed E-state index contributed by atoms with van der Waals surface area (Å²) < 4.78 is 55.2. The fourth-order valence-electron chi connectivity index (χ4n) is 6.54. The lowest BCUT2D eigenvalue weighted by molar-refractivity contribution is -0.210. The number of carboxylic acids is 1. The first-order valence-corrected chi connectivity index (χ1v) is 8.59. The van der Waals surface area contributed by atoms with Crippen LogP contribution in [0.1, 0.15) is 57.8 Å². The van der Waals surface area contributed by atoms with Gasteiger partial charge in [0.05, 0.1) is 5.41 Å². The lowest BCUT2D eigenvalue weighted by atomic mass is 9.39. The molecule has 4 bridgehead atoms. The average Bonchev–Trinajstić information content (AvgIpc) is 2.53. The highest BCUT2D eigenvalue weighted by Gasteiger charge is 2.67. The van der Waals surface area contributed by atoms with E-state index in [1.54, 1.807) is 0 Å². The fourth-order valence-corrected chi connectivity index (χ4v) is 6.54. The summed E-state index contributed by atoms with van der Waals surface area (Å²) >= 11 is 0. The monoisotopic (exact) mass is 334 g/mol. The van der Waals surface area contributed by atoms with Crippen LogP contribution in [0.3, 0.4) is 0 Å². The molecule has 0 aromatic rings. The lowest BCUT2D eigenvalue weighted by Gasteiger charge is -2.64. The fraction of sp³-hybridized carbons (Fsp3) is 0.941. The van der Waals surface area contributed by atoms with E-state index in [9.17, 15) is 27.5 Å². The van der Waals surface area contributed by atoms with E-state index in [0.29, 0.717) is 25.2 Å². The molecule has 0 aromatic heterocycles. The molecule has 0 amide bonds. The number of hydrogen-bond acceptors (Lipinski definition) is 1. The Bertz CT molecular complexity index is 509. The van der Waals surface area contributed by atoms with Crippen molar-refractivity contribution >= 4 is 5.97 Å². The van der Waals surface area contributed by atoms with Gasteiger partial charge < -0.3 is 5.11 Å². The normalized spacial score (nSPS) is 45.8. The third kappa shape index (κ3) is 1.95. The molecule has 5 aliphatic carbocycles. The standard InChI is InChI=1S/C17H22F4O2/c18-16(19)3-1-15(2-4-17(16,20)21)11-5-10-6-12(15)9-14(7-10,8-11)13(22)23/h10-12H,1-9H2,(H,22,23). The molecule has 0 aliphatic heterocycles. The van der Waals surface area contributed by atoms with E-state index in [1.807, 2.05) is 0 Å². The summed E-state index contributed by atoms with van der Waals surface area (Å²) in [5.74, 6) is -8.27. The van der Waals surface area contributed by atoms with Gasteiger partial charge in [0.2, 0.25) is 0 Å². The van der Waals surface area contributed by atoms with Gasteiger partial charge in [0, 0.05) is 12.8 Å². The zero-order valence-corrected chi connectivity index (χ0v) is 13.0. The minimum atomic E-state index is -3.93. The van der Waals surface area contributed by atoms with E-state index in [-0.39, 0.29) is 24.7 Å². The number of hydrogen-bond donors (Lipinski definition) is 1. The van der Waals surface area contributed by atoms with Crippen LogP contribution in [-0.4, -0.2) is 22.9 Å². The molecule has 5 fully saturated rings. The molecule has 6 heteroatoms. The zero-order valence-electron chi connectivity index (χ0n) is 13.0. The average molecular weight is 334 g/mol. The lowest BCUT2D eigenvalue weighted by Crippen LogP contribution is -2.59. The Morgan fingerprint density at radius 1 is 0.826 bits per heavy atom. The summed E-state index contributed by atoms with van der Waals surface area (Å²) in [4.78, 5) is 11.8. The van der Waals surface area contributed by atoms with E-state index in [0.717, 1.165) is 12.8 Å². The topological polar surface area (TPSA) is 37.3 Å². The highest BCUT2D eigenvalue weighted by molar-refractivity contribution is 5.75. The molecule has 130 valence electrons. The molecular formula is C17H22F4O2. The maximum Gasteiger partial charge on any atom is 0.310 e. The third-order valence-electron chi connectivity index (χ3n) is 7.61. The Labute approximate surface area is 132 Å². The van der Waals surface area contributed by atoms with Crippen LogP contribution in [0.25, 0.3) is 0 Å². The molecule has 23 heavy (non-hydrogen) atoms. The van der Waals surface area contributed by atoms with Crippen molar-refractivity contribution in [1.82, 2.24) is 0 Å². The van der Waals surface area contributed by atoms with Crippen LogP contribution in [0.2, 0.25) is 0 Å². The summed E-state index contributed by atoms with van der Waals surface area (Å²) in [7, 11) is 0. The SMILES string of the molecule is O=C(O)C12CC3CC(C1)C1(CCC(F)(F)C(F)(F)CC1)C(C3)C2. The first-order valence-electron chi connectivity index (χ1n) is 8.59. The van der Waals surface area contributed by atoms with E-state index in [4.69, 9.17) is 0 Å². The van der Waals surface area contributed by atoms with Crippen LogP contribution in [-0.2, 0) is 4.79 Å². The van der Waals surface area contributed by atoms with Crippen LogP contribution in [0.5, 0.6) is 0 Å². The predicted octanol–water partition coefficient (Wildman–Crippen LogP) is 4.73. The first-order chi connectivity index (χ1) is 10.6. The van der Waals surface area contributed by atoms with Crippen molar-refractivity contribution in [1.29, 1.82) is 0 Å². The Morgan fingerprint density at radius 2 is 1.30 bits per heavy atom. The van der Waals surface area contributed by atoms with Crippen molar-refractivity contribution in [2.45, 2.75) is 69.6 Å². The molecule has 1 N–H and O–H groups in total. The Morgan fingerprint density at radius 3 is 1.74 bits per heavy atom. The second-order valence-corrected chi connectivity index (χ2v) is 8.57. The summed E-state index contributed by atoms with van der Waals surface area (Å²) in [6.45, 7) is 0. The van der Waals surface area contributed by atoms with E-state index < -0.39 is 41.5 Å². The molecule has 5 aliphatic rings. The molecule has 2 unspecified atom stereocenters. The van der Waals surface area contributed by atoms with Crippen LogP contribution in [0, 0.1) is 28.6 Å². The Hall–Kier alpha value is -0.810. The van der Waals surface area contributed by atoms with Gasteiger partial charge in [-0.3, -0.25) is 4.79 Å². The van der Waals surface area contributed by atoms with Crippen molar-refractivity contribution < 1.29 is 27.5 Å². The van der Waals surface area contributed by atoms with Gasteiger partial charge >= 0.3 is 17.8 Å². The van der Waals surface area contributed by atoms with Crippen molar-refractivity contribution in [3.63, 3.8) is 0 Å².